The van der Waals surface area contributed by atoms with Gasteiger partial charge in [0.05, 0.1) is 5.69 Å². The van der Waals surface area contributed by atoms with Gasteiger partial charge in [-0.15, -0.1) is 0 Å². The maximum absolute atomic E-state index is 12.0. The number of aliphatic hydroxyl groups is 1. The Hall–Kier alpha value is -1.56. The van der Waals surface area contributed by atoms with Crippen LogP contribution in [0.15, 0.2) is 6.07 Å². The molecule has 0 spiro atoms. The van der Waals surface area contributed by atoms with Gasteiger partial charge in [-0.3, -0.25) is 4.68 Å². The summed E-state index contributed by atoms with van der Waals surface area (Å²) in [7, 11) is 0. The molecule has 0 aliphatic heterocycles. The van der Waals surface area contributed by atoms with Crippen molar-refractivity contribution in [3.05, 3.63) is 17.5 Å². The Kier molecular flexibility index (Phi) is 8.82. The van der Waals surface area contributed by atoms with E-state index in [-0.39, 0.29) is 12.6 Å². The van der Waals surface area contributed by atoms with Crippen molar-refractivity contribution >= 4 is 6.03 Å². The van der Waals surface area contributed by atoms with Crippen LogP contribution in [-0.2, 0) is 6.54 Å². The van der Waals surface area contributed by atoms with Crippen LogP contribution >= 0.6 is 0 Å². The quantitative estimate of drug-likeness (QED) is 0.613. The molecule has 0 saturated heterocycles. The number of amides is 2. The summed E-state index contributed by atoms with van der Waals surface area (Å²) in [5, 5.41) is 19.4. The monoisotopic (exact) mass is 338 g/mol. The molecule has 0 aliphatic rings. The summed E-state index contributed by atoms with van der Waals surface area (Å²) in [5.74, 6) is 1.19. The first-order valence-corrected chi connectivity index (χ1v) is 8.95. The summed E-state index contributed by atoms with van der Waals surface area (Å²) in [5.41, 5.74) is 2.16. The average Bonchev–Trinajstić information content (AvgIpc) is 2.80. The van der Waals surface area contributed by atoms with Crippen molar-refractivity contribution in [2.75, 3.05) is 19.7 Å². The van der Waals surface area contributed by atoms with Gasteiger partial charge in [0.1, 0.15) is 0 Å². The van der Waals surface area contributed by atoms with Crippen LogP contribution in [0.5, 0.6) is 0 Å². The van der Waals surface area contributed by atoms with E-state index in [2.05, 4.69) is 42.6 Å². The summed E-state index contributed by atoms with van der Waals surface area (Å²) in [6.07, 6.45) is 1.74. The van der Waals surface area contributed by atoms with E-state index < -0.39 is 0 Å². The number of carbonyl (C=O) groups is 1. The molecule has 24 heavy (non-hydrogen) atoms. The fourth-order valence-electron chi connectivity index (χ4n) is 2.94. The number of aryl methyl sites for hydroxylation is 2. The van der Waals surface area contributed by atoms with Gasteiger partial charge in [-0.25, -0.2) is 4.79 Å². The third kappa shape index (κ3) is 7.81. The number of rotatable bonds is 10. The lowest BCUT2D eigenvalue weighted by atomic mass is 9.94. The summed E-state index contributed by atoms with van der Waals surface area (Å²) >= 11 is 0. The molecule has 0 aromatic carbocycles. The molecule has 1 aromatic heterocycles. The van der Waals surface area contributed by atoms with E-state index >= 15 is 0 Å². The lowest BCUT2D eigenvalue weighted by Gasteiger charge is -2.19. The molecular weight excluding hydrogens is 304 g/mol. The molecular formula is C18H34N4O2. The Labute approximate surface area is 146 Å². The minimum atomic E-state index is -0.137. The molecule has 0 fully saturated rings. The molecule has 1 rings (SSSR count). The molecule has 0 radical (unpaired) electrons. The standard InChI is InChI=1S/C18H34N4O2/c1-13(2)8-17(6-7-23)11-20-18(24)19-10-14(3)12-22-16(5)9-15(4)21-22/h9,13-14,17,23H,6-8,10-12H2,1-5H3,(H2,19,20,24). The normalized spacial score (nSPS) is 13.8. The van der Waals surface area contributed by atoms with Crippen molar-refractivity contribution in [3.63, 3.8) is 0 Å². The van der Waals surface area contributed by atoms with Crippen LogP contribution in [-0.4, -0.2) is 40.6 Å². The van der Waals surface area contributed by atoms with Crippen LogP contribution in [0.2, 0.25) is 0 Å². The fourth-order valence-corrected chi connectivity index (χ4v) is 2.94. The number of nitrogens with zero attached hydrogens (tertiary/aromatic N) is 2. The number of carbonyl (C=O) groups excluding carboxylic acids is 1. The number of hydrogen-bond acceptors (Lipinski definition) is 3. The number of urea groups is 1. The second-order valence-electron chi connectivity index (χ2n) is 7.31. The zero-order valence-electron chi connectivity index (χ0n) is 15.8. The van der Waals surface area contributed by atoms with E-state index in [1.165, 1.54) is 0 Å². The molecule has 3 N–H and O–H groups in total. The summed E-state index contributed by atoms with van der Waals surface area (Å²) in [6, 6.07) is 1.92. The molecule has 2 amide bonds. The Morgan fingerprint density at radius 3 is 2.46 bits per heavy atom. The van der Waals surface area contributed by atoms with Gasteiger partial charge >= 0.3 is 6.03 Å². The van der Waals surface area contributed by atoms with Crippen LogP contribution in [0.3, 0.4) is 0 Å². The Bertz CT molecular complexity index is 499. The highest BCUT2D eigenvalue weighted by Gasteiger charge is 2.13. The van der Waals surface area contributed by atoms with Crippen molar-refractivity contribution in [1.82, 2.24) is 20.4 Å². The summed E-state index contributed by atoms with van der Waals surface area (Å²) in [4.78, 5) is 12.0. The van der Waals surface area contributed by atoms with E-state index in [9.17, 15) is 4.79 Å². The highest BCUT2D eigenvalue weighted by molar-refractivity contribution is 5.73. The van der Waals surface area contributed by atoms with Crippen molar-refractivity contribution < 1.29 is 9.90 Å². The van der Waals surface area contributed by atoms with Crippen LogP contribution in [0.4, 0.5) is 4.79 Å². The lowest BCUT2D eigenvalue weighted by Crippen LogP contribution is -2.41. The predicted molar refractivity (Wildman–Crippen MR) is 96.9 cm³/mol. The maximum Gasteiger partial charge on any atom is 0.314 e. The summed E-state index contributed by atoms with van der Waals surface area (Å²) < 4.78 is 1.99. The number of nitrogens with one attached hydrogen (secondary N) is 2. The number of aromatic nitrogens is 2. The SMILES string of the molecule is Cc1cc(C)n(CC(C)CNC(=O)NCC(CCO)CC(C)C)n1. The topological polar surface area (TPSA) is 79.2 Å². The van der Waals surface area contributed by atoms with Crippen molar-refractivity contribution in [2.24, 2.45) is 17.8 Å². The van der Waals surface area contributed by atoms with Crippen LogP contribution in [0, 0.1) is 31.6 Å². The van der Waals surface area contributed by atoms with Crippen LogP contribution in [0.1, 0.15) is 45.0 Å². The number of hydrogen-bond donors (Lipinski definition) is 3. The van der Waals surface area contributed by atoms with Gasteiger partial charge in [0.15, 0.2) is 0 Å². The van der Waals surface area contributed by atoms with E-state index in [4.69, 9.17) is 5.11 Å². The maximum atomic E-state index is 12.0. The smallest absolute Gasteiger partial charge is 0.314 e. The van der Waals surface area contributed by atoms with Gasteiger partial charge < -0.3 is 15.7 Å². The van der Waals surface area contributed by atoms with Gasteiger partial charge in [0.2, 0.25) is 0 Å². The Morgan fingerprint density at radius 1 is 1.25 bits per heavy atom. The first kappa shape index (κ1) is 20.5. The molecule has 0 aliphatic carbocycles. The molecule has 6 heteroatoms. The second kappa shape index (κ2) is 10.3. The van der Waals surface area contributed by atoms with Gasteiger partial charge in [0, 0.05) is 31.9 Å². The van der Waals surface area contributed by atoms with Crippen molar-refractivity contribution in [1.29, 1.82) is 0 Å². The van der Waals surface area contributed by atoms with Crippen LogP contribution < -0.4 is 10.6 Å². The van der Waals surface area contributed by atoms with Gasteiger partial charge in [-0.05, 0) is 50.5 Å². The van der Waals surface area contributed by atoms with E-state index in [1.807, 2.05) is 18.5 Å². The van der Waals surface area contributed by atoms with E-state index in [1.54, 1.807) is 0 Å². The molecule has 0 saturated carbocycles. The fraction of sp³-hybridized carbons (Fsp3) is 0.778. The molecule has 2 unspecified atom stereocenters. The van der Waals surface area contributed by atoms with Crippen molar-refractivity contribution in [2.45, 2.75) is 54.0 Å². The Morgan fingerprint density at radius 2 is 1.92 bits per heavy atom. The summed E-state index contributed by atoms with van der Waals surface area (Å²) in [6.45, 7) is 12.6. The lowest BCUT2D eigenvalue weighted by molar-refractivity contribution is 0.223. The first-order valence-electron chi connectivity index (χ1n) is 8.95. The van der Waals surface area contributed by atoms with Gasteiger partial charge in [0.25, 0.3) is 0 Å². The van der Waals surface area contributed by atoms with E-state index in [0.29, 0.717) is 30.8 Å². The molecule has 1 aromatic rings. The van der Waals surface area contributed by atoms with Gasteiger partial charge in [-0.2, -0.15) is 5.10 Å². The highest BCUT2D eigenvalue weighted by atomic mass is 16.3. The molecule has 6 nitrogen and oxygen atoms in total. The first-order chi connectivity index (χ1) is 11.3. The zero-order valence-corrected chi connectivity index (χ0v) is 15.8. The van der Waals surface area contributed by atoms with Crippen LogP contribution in [0.25, 0.3) is 0 Å². The molecule has 1 heterocycles. The minimum Gasteiger partial charge on any atom is -0.396 e. The predicted octanol–water partition coefficient (Wildman–Crippen LogP) is 2.48. The molecule has 0 bridgehead atoms. The third-order valence-electron chi connectivity index (χ3n) is 4.09. The van der Waals surface area contributed by atoms with E-state index in [0.717, 1.165) is 30.8 Å². The highest BCUT2D eigenvalue weighted by Crippen LogP contribution is 2.14. The minimum absolute atomic E-state index is 0.137. The second-order valence-corrected chi connectivity index (χ2v) is 7.31. The van der Waals surface area contributed by atoms with Crippen molar-refractivity contribution in [3.8, 4) is 0 Å². The zero-order chi connectivity index (χ0) is 18.1. The molecule has 138 valence electrons. The largest absolute Gasteiger partial charge is 0.396 e. The molecule has 2 atom stereocenters. The van der Waals surface area contributed by atoms with Gasteiger partial charge in [-0.1, -0.05) is 20.8 Å². The Balaban J connectivity index is 2.30. The third-order valence-corrected chi connectivity index (χ3v) is 4.09. The number of aliphatic hydroxyl groups excluding tert-OH is 1. The average molecular weight is 338 g/mol.